The van der Waals surface area contributed by atoms with Crippen LogP contribution in [-0.2, 0) is 18.7 Å². The Balaban J connectivity index is 4.74. The molecule has 0 aliphatic rings. The summed E-state index contributed by atoms with van der Waals surface area (Å²) in [6, 6.07) is 0. The lowest BCUT2D eigenvalue weighted by Crippen LogP contribution is -2.28. The normalized spacial score (nSPS) is 14.7. The molecule has 13 heavy (non-hydrogen) atoms. The molecule has 0 spiro atoms. The maximum Gasteiger partial charge on any atom is 0.360 e. The predicted molar refractivity (Wildman–Crippen MR) is 48.0 cm³/mol. The van der Waals surface area contributed by atoms with Crippen molar-refractivity contribution in [2.75, 3.05) is 0 Å². The lowest BCUT2D eigenvalue weighted by atomic mass is 10.1. The SMILES string of the molecule is CCCC(CC)(OC(C)=O)P(=O)=O. The van der Waals surface area contributed by atoms with Gasteiger partial charge in [-0.2, -0.15) is 0 Å². The van der Waals surface area contributed by atoms with E-state index in [1.807, 2.05) is 6.92 Å². The lowest BCUT2D eigenvalue weighted by Gasteiger charge is -2.23. The summed E-state index contributed by atoms with van der Waals surface area (Å²) in [4.78, 5) is 10.7. The Morgan fingerprint density at radius 2 is 1.92 bits per heavy atom. The average Bonchev–Trinajstić information content (AvgIpc) is 2.02. The highest BCUT2D eigenvalue weighted by molar-refractivity contribution is 7.32. The number of hydrogen-bond donors (Lipinski definition) is 0. The van der Waals surface area contributed by atoms with Gasteiger partial charge in [-0.1, -0.05) is 20.3 Å². The minimum absolute atomic E-state index is 0.305. The third kappa shape index (κ3) is 3.31. The Hall–Kier alpha value is -0.630. The number of carbonyl (C=O) groups excluding carboxylic acids is 1. The van der Waals surface area contributed by atoms with E-state index in [4.69, 9.17) is 4.74 Å². The summed E-state index contributed by atoms with van der Waals surface area (Å²) in [5, 5.41) is -1.28. The van der Waals surface area contributed by atoms with Gasteiger partial charge in [-0.05, 0) is 6.42 Å². The minimum atomic E-state index is -2.73. The molecule has 0 fully saturated rings. The Labute approximate surface area is 78.5 Å². The fourth-order valence-corrected chi connectivity index (χ4v) is 2.08. The second-order valence-electron chi connectivity index (χ2n) is 2.90. The molecule has 0 amide bonds. The number of ether oxygens (including phenoxy) is 1. The molecule has 0 bridgehead atoms. The van der Waals surface area contributed by atoms with E-state index in [2.05, 4.69) is 0 Å². The molecule has 0 rings (SSSR count). The van der Waals surface area contributed by atoms with E-state index in [9.17, 15) is 13.9 Å². The largest absolute Gasteiger partial charge is 0.444 e. The van der Waals surface area contributed by atoms with Crippen LogP contribution < -0.4 is 0 Å². The minimum Gasteiger partial charge on any atom is -0.444 e. The Morgan fingerprint density at radius 1 is 1.38 bits per heavy atom. The van der Waals surface area contributed by atoms with Crippen LogP contribution in [0.15, 0.2) is 0 Å². The fraction of sp³-hybridized carbons (Fsp3) is 0.875. The van der Waals surface area contributed by atoms with Crippen molar-refractivity contribution in [1.82, 2.24) is 0 Å². The summed E-state index contributed by atoms with van der Waals surface area (Å²) in [7, 11) is -2.73. The molecule has 0 aromatic rings. The zero-order valence-electron chi connectivity index (χ0n) is 8.20. The third-order valence-corrected chi connectivity index (χ3v) is 3.16. The van der Waals surface area contributed by atoms with E-state index in [0.717, 1.165) is 0 Å². The summed E-state index contributed by atoms with van der Waals surface area (Å²) in [5.41, 5.74) is 0. The van der Waals surface area contributed by atoms with E-state index in [0.29, 0.717) is 19.3 Å². The number of rotatable bonds is 5. The Bertz CT molecular complexity index is 239. The zero-order valence-corrected chi connectivity index (χ0v) is 9.10. The highest BCUT2D eigenvalue weighted by Crippen LogP contribution is 2.38. The molecular formula is C8H15O4P. The molecule has 0 heterocycles. The second-order valence-corrected chi connectivity index (χ2v) is 4.23. The van der Waals surface area contributed by atoms with Crippen LogP contribution in [0, 0.1) is 0 Å². The third-order valence-electron chi connectivity index (χ3n) is 1.86. The smallest absolute Gasteiger partial charge is 0.360 e. The van der Waals surface area contributed by atoms with Gasteiger partial charge in [0.15, 0.2) is 0 Å². The highest BCUT2D eigenvalue weighted by Gasteiger charge is 2.37. The van der Waals surface area contributed by atoms with E-state index < -0.39 is 19.0 Å². The first-order chi connectivity index (χ1) is 5.98. The van der Waals surface area contributed by atoms with Crippen LogP contribution in [0.3, 0.4) is 0 Å². The monoisotopic (exact) mass is 206 g/mol. The van der Waals surface area contributed by atoms with Gasteiger partial charge < -0.3 is 4.74 Å². The van der Waals surface area contributed by atoms with Crippen LogP contribution in [-0.4, -0.2) is 11.3 Å². The van der Waals surface area contributed by atoms with Crippen molar-refractivity contribution in [3.63, 3.8) is 0 Å². The molecule has 0 saturated heterocycles. The molecule has 5 heteroatoms. The Morgan fingerprint density at radius 3 is 2.15 bits per heavy atom. The van der Waals surface area contributed by atoms with Gasteiger partial charge in [0.1, 0.15) is 0 Å². The van der Waals surface area contributed by atoms with Crippen LogP contribution in [0.1, 0.15) is 40.0 Å². The molecule has 0 aromatic carbocycles. The lowest BCUT2D eigenvalue weighted by molar-refractivity contribution is -0.150. The van der Waals surface area contributed by atoms with Gasteiger partial charge in [-0.25, -0.2) is 9.13 Å². The van der Waals surface area contributed by atoms with Gasteiger partial charge in [0.05, 0.1) is 0 Å². The first kappa shape index (κ1) is 12.4. The van der Waals surface area contributed by atoms with E-state index in [-0.39, 0.29) is 0 Å². The molecule has 0 radical (unpaired) electrons. The number of esters is 1. The maximum atomic E-state index is 10.9. The summed E-state index contributed by atoms with van der Waals surface area (Å²) in [6.45, 7) is 4.77. The van der Waals surface area contributed by atoms with Crippen LogP contribution in [0.25, 0.3) is 0 Å². The first-order valence-corrected chi connectivity index (χ1v) is 5.50. The van der Waals surface area contributed by atoms with Crippen molar-refractivity contribution in [3.8, 4) is 0 Å². The topological polar surface area (TPSA) is 60.4 Å². The van der Waals surface area contributed by atoms with Gasteiger partial charge in [-0.3, -0.25) is 4.79 Å². The van der Waals surface area contributed by atoms with Crippen molar-refractivity contribution in [3.05, 3.63) is 0 Å². The zero-order chi connectivity index (χ0) is 10.5. The van der Waals surface area contributed by atoms with E-state index >= 15 is 0 Å². The molecule has 4 nitrogen and oxygen atoms in total. The molecule has 0 aliphatic heterocycles. The summed E-state index contributed by atoms with van der Waals surface area (Å²) < 4.78 is 26.7. The molecule has 0 aromatic heterocycles. The van der Waals surface area contributed by atoms with Crippen molar-refractivity contribution in [2.45, 2.75) is 45.4 Å². The van der Waals surface area contributed by atoms with Gasteiger partial charge in [0, 0.05) is 13.3 Å². The molecule has 1 atom stereocenters. The molecule has 0 saturated carbocycles. The quantitative estimate of drug-likeness (QED) is 0.512. The summed E-state index contributed by atoms with van der Waals surface area (Å²) in [6.07, 6.45) is 1.34. The maximum absolute atomic E-state index is 10.9. The number of carbonyl (C=O) groups is 1. The highest BCUT2D eigenvalue weighted by atomic mass is 31.1. The van der Waals surface area contributed by atoms with Gasteiger partial charge in [0.2, 0.25) is 5.34 Å². The summed E-state index contributed by atoms with van der Waals surface area (Å²) >= 11 is 0. The Kier molecular flexibility index (Phi) is 4.92. The van der Waals surface area contributed by atoms with Crippen LogP contribution in [0.4, 0.5) is 0 Å². The van der Waals surface area contributed by atoms with Crippen molar-refractivity contribution in [2.24, 2.45) is 0 Å². The van der Waals surface area contributed by atoms with Crippen LogP contribution in [0.2, 0.25) is 0 Å². The molecule has 1 unspecified atom stereocenters. The second kappa shape index (κ2) is 5.18. The van der Waals surface area contributed by atoms with Gasteiger partial charge in [0.25, 0.3) is 0 Å². The summed E-state index contributed by atoms with van der Waals surface area (Å²) in [5.74, 6) is -0.547. The molecule has 0 N–H and O–H groups in total. The van der Waals surface area contributed by atoms with Crippen molar-refractivity contribution < 1.29 is 18.7 Å². The molecule has 0 aliphatic carbocycles. The standard InChI is InChI=1S/C8H15O4P/c1-4-6-8(5-2,13(10)11)12-7(3)9/h4-6H2,1-3H3. The van der Waals surface area contributed by atoms with Crippen molar-refractivity contribution >= 4 is 13.6 Å². The number of hydrogen-bond acceptors (Lipinski definition) is 4. The van der Waals surface area contributed by atoms with E-state index in [1.165, 1.54) is 6.92 Å². The van der Waals surface area contributed by atoms with Crippen LogP contribution >= 0.6 is 7.68 Å². The predicted octanol–water partition coefficient (Wildman–Crippen LogP) is 2.63. The molecular weight excluding hydrogens is 191 g/mol. The first-order valence-electron chi connectivity index (χ1n) is 4.32. The van der Waals surface area contributed by atoms with Crippen molar-refractivity contribution in [1.29, 1.82) is 0 Å². The van der Waals surface area contributed by atoms with Gasteiger partial charge in [-0.15, -0.1) is 0 Å². The van der Waals surface area contributed by atoms with E-state index in [1.54, 1.807) is 6.92 Å². The van der Waals surface area contributed by atoms with Crippen LogP contribution in [0.5, 0.6) is 0 Å². The molecule has 76 valence electrons. The van der Waals surface area contributed by atoms with Gasteiger partial charge >= 0.3 is 13.6 Å². The average molecular weight is 206 g/mol. The fourth-order valence-electron chi connectivity index (χ4n) is 1.22.